The average molecular weight is 190 g/mol. The third-order valence-electron chi connectivity index (χ3n) is 1.52. The fourth-order valence-corrected chi connectivity index (χ4v) is 1.28. The number of thioether (sulfide) groups is 1. The quantitative estimate of drug-likeness (QED) is 0.573. The molecule has 0 atom stereocenters. The van der Waals surface area contributed by atoms with Crippen molar-refractivity contribution >= 4 is 17.7 Å². The van der Waals surface area contributed by atoms with Crippen LogP contribution in [0.5, 0.6) is 0 Å². The molecule has 2 N–H and O–H groups in total. The molecule has 3 nitrogen and oxygen atoms in total. The smallest absolute Gasteiger partial charge is 0.233 e. The maximum atomic E-state index is 10.7. The third kappa shape index (κ3) is 7.88. The molecule has 0 aliphatic heterocycles. The lowest BCUT2D eigenvalue weighted by atomic mass is 10.3. The van der Waals surface area contributed by atoms with E-state index in [1.165, 1.54) is 12.2 Å². The standard InChI is InChI=1S/C8H18N2OS/c1-9-8(11)7-10-5-3-4-6-12-2/h10H,3-7H2,1-2H3,(H,9,11). The normalized spacial score (nSPS) is 9.83. The van der Waals surface area contributed by atoms with Gasteiger partial charge in [-0.25, -0.2) is 0 Å². The van der Waals surface area contributed by atoms with Gasteiger partial charge in [-0.3, -0.25) is 4.79 Å². The highest BCUT2D eigenvalue weighted by atomic mass is 32.2. The van der Waals surface area contributed by atoms with Gasteiger partial charge in [0.15, 0.2) is 0 Å². The number of amides is 1. The molecule has 4 heteroatoms. The maximum absolute atomic E-state index is 10.7. The van der Waals surface area contributed by atoms with Gasteiger partial charge in [0, 0.05) is 7.05 Å². The van der Waals surface area contributed by atoms with Crippen LogP contribution in [0.15, 0.2) is 0 Å². The van der Waals surface area contributed by atoms with Gasteiger partial charge in [0.1, 0.15) is 0 Å². The fraction of sp³-hybridized carbons (Fsp3) is 0.875. The van der Waals surface area contributed by atoms with E-state index in [-0.39, 0.29) is 5.91 Å². The molecule has 0 rings (SSSR count). The number of carbonyl (C=O) groups is 1. The molecule has 0 fully saturated rings. The van der Waals surface area contributed by atoms with Crippen LogP contribution in [0.1, 0.15) is 12.8 Å². The lowest BCUT2D eigenvalue weighted by molar-refractivity contribution is -0.119. The second-order valence-electron chi connectivity index (χ2n) is 2.55. The highest BCUT2D eigenvalue weighted by molar-refractivity contribution is 7.98. The molecule has 0 heterocycles. The summed E-state index contributed by atoms with van der Waals surface area (Å²) < 4.78 is 0. The molecule has 12 heavy (non-hydrogen) atoms. The first-order valence-corrected chi connectivity index (χ1v) is 5.61. The van der Waals surface area contributed by atoms with Gasteiger partial charge >= 0.3 is 0 Å². The van der Waals surface area contributed by atoms with E-state index >= 15 is 0 Å². The monoisotopic (exact) mass is 190 g/mol. The van der Waals surface area contributed by atoms with Crippen LogP contribution in [0.4, 0.5) is 0 Å². The summed E-state index contributed by atoms with van der Waals surface area (Å²) in [4.78, 5) is 10.7. The number of unbranched alkanes of at least 4 members (excludes halogenated alkanes) is 1. The highest BCUT2D eigenvalue weighted by Gasteiger charge is 1.94. The molecule has 0 unspecified atom stereocenters. The van der Waals surface area contributed by atoms with E-state index in [0.717, 1.165) is 13.0 Å². The SMILES string of the molecule is CNC(=O)CNCCCCSC. The van der Waals surface area contributed by atoms with Gasteiger partial charge in [0.2, 0.25) is 5.91 Å². The number of hydrogen-bond donors (Lipinski definition) is 2. The first-order chi connectivity index (χ1) is 5.81. The Kier molecular flexibility index (Phi) is 8.71. The van der Waals surface area contributed by atoms with Crippen molar-refractivity contribution in [2.45, 2.75) is 12.8 Å². The molecular formula is C8H18N2OS. The van der Waals surface area contributed by atoms with Crippen molar-refractivity contribution in [3.05, 3.63) is 0 Å². The van der Waals surface area contributed by atoms with Crippen LogP contribution >= 0.6 is 11.8 Å². The van der Waals surface area contributed by atoms with Crippen LogP contribution < -0.4 is 10.6 Å². The largest absolute Gasteiger partial charge is 0.358 e. The Morgan fingerprint density at radius 2 is 2.17 bits per heavy atom. The minimum atomic E-state index is 0.0554. The van der Waals surface area contributed by atoms with Crippen molar-refractivity contribution in [2.75, 3.05) is 32.1 Å². The zero-order valence-electron chi connectivity index (χ0n) is 7.85. The second-order valence-corrected chi connectivity index (χ2v) is 3.54. The molecule has 0 spiro atoms. The molecule has 0 radical (unpaired) electrons. The molecule has 0 saturated heterocycles. The van der Waals surface area contributed by atoms with Crippen molar-refractivity contribution < 1.29 is 4.79 Å². The van der Waals surface area contributed by atoms with Crippen molar-refractivity contribution in [1.82, 2.24) is 10.6 Å². The minimum absolute atomic E-state index is 0.0554. The highest BCUT2D eigenvalue weighted by Crippen LogP contribution is 1.97. The molecule has 0 aromatic heterocycles. The summed E-state index contributed by atoms with van der Waals surface area (Å²) in [6.45, 7) is 1.38. The molecule has 0 aromatic carbocycles. The second kappa shape index (κ2) is 8.87. The Morgan fingerprint density at radius 3 is 2.75 bits per heavy atom. The molecule has 0 aliphatic rings. The predicted octanol–water partition coefficient (Wildman–Crippen LogP) is 0.465. The van der Waals surface area contributed by atoms with Crippen molar-refractivity contribution in [2.24, 2.45) is 0 Å². The van der Waals surface area contributed by atoms with E-state index in [1.54, 1.807) is 7.05 Å². The molecule has 0 saturated carbocycles. The fourth-order valence-electron chi connectivity index (χ4n) is 0.787. The van der Waals surface area contributed by atoms with Crippen LogP contribution in [-0.4, -0.2) is 38.1 Å². The van der Waals surface area contributed by atoms with Crippen molar-refractivity contribution in [3.63, 3.8) is 0 Å². The summed E-state index contributed by atoms with van der Waals surface area (Å²) in [6.07, 6.45) is 4.48. The number of likely N-dealkylation sites (N-methyl/N-ethyl adjacent to an activating group) is 1. The lowest BCUT2D eigenvalue weighted by Crippen LogP contribution is -2.31. The zero-order chi connectivity index (χ0) is 9.23. The van der Waals surface area contributed by atoms with Gasteiger partial charge < -0.3 is 10.6 Å². The third-order valence-corrected chi connectivity index (χ3v) is 2.21. The van der Waals surface area contributed by atoms with Crippen LogP contribution in [0.2, 0.25) is 0 Å². The Morgan fingerprint density at radius 1 is 1.42 bits per heavy atom. The summed E-state index contributed by atoms with van der Waals surface area (Å²) in [5.74, 6) is 1.27. The van der Waals surface area contributed by atoms with Crippen LogP contribution in [0, 0.1) is 0 Å². The van der Waals surface area contributed by atoms with E-state index in [1.807, 2.05) is 11.8 Å². The predicted molar refractivity (Wildman–Crippen MR) is 54.6 cm³/mol. The van der Waals surface area contributed by atoms with Gasteiger partial charge in [-0.15, -0.1) is 0 Å². The lowest BCUT2D eigenvalue weighted by Gasteiger charge is -2.02. The molecule has 0 bridgehead atoms. The van der Waals surface area contributed by atoms with E-state index < -0.39 is 0 Å². The number of hydrogen-bond acceptors (Lipinski definition) is 3. The van der Waals surface area contributed by atoms with E-state index in [9.17, 15) is 4.79 Å². The summed E-state index contributed by atoms with van der Waals surface area (Å²) >= 11 is 1.86. The van der Waals surface area contributed by atoms with Crippen LogP contribution in [-0.2, 0) is 4.79 Å². The number of rotatable bonds is 7. The summed E-state index contributed by atoms with van der Waals surface area (Å²) in [5, 5.41) is 5.64. The van der Waals surface area contributed by atoms with Gasteiger partial charge in [0.05, 0.1) is 6.54 Å². The van der Waals surface area contributed by atoms with E-state index in [2.05, 4.69) is 16.9 Å². The minimum Gasteiger partial charge on any atom is -0.358 e. The number of nitrogens with one attached hydrogen (secondary N) is 2. The van der Waals surface area contributed by atoms with Gasteiger partial charge in [-0.2, -0.15) is 11.8 Å². The first kappa shape index (κ1) is 11.8. The first-order valence-electron chi connectivity index (χ1n) is 4.21. The molecular weight excluding hydrogens is 172 g/mol. The molecule has 0 aromatic rings. The summed E-state index contributed by atoms with van der Waals surface area (Å²) in [5.41, 5.74) is 0. The Balaban J connectivity index is 2.95. The molecule has 0 aliphatic carbocycles. The van der Waals surface area contributed by atoms with E-state index in [0.29, 0.717) is 6.54 Å². The van der Waals surface area contributed by atoms with Crippen molar-refractivity contribution in [1.29, 1.82) is 0 Å². The molecule has 72 valence electrons. The Hall–Kier alpha value is -0.220. The zero-order valence-corrected chi connectivity index (χ0v) is 8.67. The van der Waals surface area contributed by atoms with E-state index in [4.69, 9.17) is 0 Å². The Bertz CT molecular complexity index is 120. The molecule has 1 amide bonds. The van der Waals surface area contributed by atoms with Crippen molar-refractivity contribution in [3.8, 4) is 0 Å². The Labute approximate surface area is 78.7 Å². The van der Waals surface area contributed by atoms with Crippen LogP contribution in [0.25, 0.3) is 0 Å². The van der Waals surface area contributed by atoms with Gasteiger partial charge in [-0.1, -0.05) is 0 Å². The van der Waals surface area contributed by atoms with Gasteiger partial charge in [0.25, 0.3) is 0 Å². The number of carbonyl (C=O) groups excluding carboxylic acids is 1. The average Bonchev–Trinajstić information content (AvgIpc) is 2.10. The summed E-state index contributed by atoms with van der Waals surface area (Å²) in [7, 11) is 1.65. The van der Waals surface area contributed by atoms with Gasteiger partial charge in [-0.05, 0) is 31.4 Å². The maximum Gasteiger partial charge on any atom is 0.233 e. The topological polar surface area (TPSA) is 41.1 Å². The summed E-state index contributed by atoms with van der Waals surface area (Å²) in [6, 6.07) is 0. The van der Waals surface area contributed by atoms with Crippen LogP contribution in [0.3, 0.4) is 0 Å².